The molecule has 0 saturated heterocycles. The van der Waals surface area contributed by atoms with E-state index in [1.165, 1.54) is 33.7 Å². The predicted molar refractivity (Wildman–Crippen MR) is 136 cm³/mol. The number of imidazole rings is 1. The van der Waals surface area contributed by atoms with E-state index in [-0.39, 0.29) is 0 Å². The summed E-state index contributed by atoms with van der Waals surface area (Å²) in [6.45, 7) is 8.76. The summed E-state index contributed by atoms with van der Waals surface area (Å²) in [6, 6.07) is 17.5. The number of hydrogen-bond acceptors (Lipinski definition) is 3. The fraction of sp³-hybridized carbons (Fsp3) is 0.276. The Kier molecular flexibility index (Phi) is 4.58. The van der Waals surface area contributed by atoms with Crippen molar-refractivity contribution in [2.24, 2.45) is 10.9 Å². The largest absolute Gasteiger partial charge is 0.342 e. The molecule has 0 radical (unpaired) electrons. The van der Waals surface area contributed by atoms with Gasteiger partial charge >= 0.3 is 0 Å². The fourth-order valence-corrected chi connectivity index (χ4v) is 4.90. The average molecular weight is 433 g/mol. The monoisotopic (exact) mass is 432 g/mol. The number of aromatic nitrogens is 3. The van der Waals surface area contributed by atoms with Crippen molar-refractivity contribution in [2.45, 2.75) is 46.5 Å². The van der Waals surface area contributed by atoms with Crippen molar-refractivity contribution >= 4 is 22.2 Å². The van der Waals surface area contributed by atoms with Gasteiger partial charge in [0.15, 0.2) is 0 Å². The van der Waals surface area contributed by atoms with E-state index < -0.39 is 0 Å². The molecule has 2 aliphatic rings. The maximum atomic E-state index is 4.98. The first-order valence-electron chi connectivity index (χ1n) is 11.9. The van der Waals surface area contributed by atoms with Gasteiger partial charge in [-0.1, -0.05) is 52.0 Å². The molecular formula is C29H28N4. The molecule has 3 heterocycles. The van der Waals surface area contributed by atoms with Crippen LogP contribution in [-0.4, -0.2) is 20.7 Å². The highest BCUT2D eigenvalue weighted by Crippen LogP contribution is 2.42. The summed E-state index contributed by atoms with van der Waals surface area (Å²) in [5.41, 5.74) is 12.1. The van der Waals surface area contributed by atoms with Crippen LogP contribution >= 0.6 is 0 Å². The molecule has 0 unspecified atom stereocenters. The second kappa shape index (κ2) is 7.51. The summed E-state index contributed by atoms with van der Waals surface area (Å²) >= 11 is 0. The van der Waals surface area contributed by atoms with E-state index in [2.05, 4.69) is 86.2 Å². The number of fused-ring (bicyclic) bond motifs is 3. The normalized spacial score (nSPS) is 15.0. The Morgan fingerprint density at radius 1 is 0.848 bits per heavy atom. The molecule has 0 bridgehead atoms. The molecule has 0 atom stereocenters. The van der Waals surface area contributed by atoms with Gasteiger partial charge in [0.05, 0.1) is 23.1 Å². The number of nitrogens with one attached hydrogen (secondary N) is 1. The summed E-state index contributed by atoms with van der Waals surface area (Å²) in [5, 5.41) is 1.13. The number of H-pyrrole nitrogens is 1. The van der Waals surface area contributed by atoms with Crippen molar-refractivity contribution in [3.05, 3.63) is 77.4 Å². The third-order valence-corrected chi connectivity index (χ3v) is 6.88. The molecule has 6 rings (SSSR count). The Balaban J connectivity index is 1.29. The van der Waals surface area contributed by atoms with Crippen LogP contribution in [0.25, 0.3) is 39.0 Å². The van der Waals surface area contributed by atoms with Gasteiger partial charge in [-0.05, 0) is 46.9 Å². The van der Waals surface area contributed by atoms with Crippen LogP contribution in [0.2, 0.25) is 0 Å². The maximum Gasteiger partial charge on any atom is 0.109 e. The zero-order valence-corrected chi connectivity index (χ0v) is 19.6. The molecule has 0 saturated carbocycles. The molecule has 4 aromatic rings. The fourth-order valence-electron chi connectivity index (χ4n) is 4.90. The lowest BCUT2D eigenvalue weighted by atomic mass is 9.95. The quantitative estimate of drug-likeness (QED) is 0.371. The van der Waals surface area contributed by atoms with Crippen LogP contribution in [0.3, 0.4) is 0 Å². The molecule has 2 aromatic carbocycles. The number of hydrogen-bond donors (Lipinski definition) is 1. The number of allylic oxidation sites excluding steroid dienone is 2. The second-order valence-corrected chi connectivity index (χ2v) is 9.85. The highest BCUT2D eigenvalue weighted by atomic mass is 14.9. The summed E-state index contributed by atoms with van der Waals surface area (Å²) in [7, 11) is 0. The molecule has 1 aliphatic heterocycles. The third-order valence-electron chi connectivity index (χ3n) is 6.88. The molecule has 2 aromatic heterocycles. The maximum absolute atomic E-state index is 4.98. The van der Waals surface area contributed by atoms with Crippen LogP contribution in [0.15, 0.2) is 65.4 Å². The van der Waals surface area contributed by atoms with E-state index in [1.807, 2.05) is 6.20 Å². The summed E-state index contributed by atoms with van der Waals surface area (Å²) in [5.74, 6) is 1.92. The zero-order valence-electron chi connectivity index (χ0n) is 19.6. The Morgan fingerprint density at radius 2 is 1.70 bits per heavy atom. The molecule has 4 nitrogen and oxygen atoms in total. The van der Waals surface area contributed by atoms with E-state index >= 15 is 0 Å². The number of pyridine rings is 1. The highest BCUT2D eigenvalue weighted by Gasteiger charge is 2.28. The van der Waals surface area contributed by atoms with Crippen LogP contribution in [0.5, 0.6) is 0 Å². The zero-order chi connectivity index (χ0) is 22.7. The molecule has 1 N–H and O–H groups in total. The van der Waals surface area contributed by atoms with Crippen LogP contribution in [-0.2, 0) is 6.42 Å². The van der Waals surface area contributed by atoms with Crippen LogP contribution in [0.1, 0.15) is 57.0 Å². The minimum atomic E-state index is 0.385. The van der Waals surface area contributed by atoms with Gasteiger partial charge in [-0.3, -0.25) is 4.99 Å². The van der Waals surface area contributed by atoms with Crippen LogP contribution in [0, 0.1) is 5.92 Å². The van der Waals surface area contributed by atoms with Crippen molar-refractivity contribution in [1.82, 2.24) is 15.0 Å². The molecule has 0 amide bonds. The van der Waals surface area contributed by atoms with E-state index in [1.54, 1.807) is 0 Å². The number of aromatic amines is 1. The van der Waals surface area contributed by atoms with Crippen LogP contribution < -0.4 is 0 Å². The SMILES string of the molecule is CC(C)C1=NC2=C(C1)c1ccc(-c3ccc4cc(-c5cnc(C(C)C)[nH]5)ccc4n3)cc1C2. The molecular weight excluding hydrogens is 404 g/mol. The lowest BCUT2D eigenvalue weighted by molar-refractivity contribution is 0.795. The first-order valence-corrected chi connectivity index (χ1v) is 11.9. The Morgan fingerprint density at radius 3 is 2.48 bits per heavy atom. The molecule has 0 fully saturated rings. The van der Waals surface area contributed by atoms with E-state index in [9.17, 15) is 0 Å². The Hall–Kier alpha value is -3.53. The van der Waals surface area contributed by atoms with Crippen molar-refractivity contribution in [1.29, 1.82) is 0 Å². The van der Waals surface area contributed by atoms with Gasteiger partial charge in [0.25, 0.3) is 0 Å². The first kappa shape index (κ1) is 20.1. The summed E-state index contributed by atoms with van der Waals surface area (Å²) in [4.78, 5) is 17.8. The third kappa shape index (κ3) is 3.41. The molecule has 33 heavy (non-hydrogen) atoms. The standard InChI is InChI=1S/C29H28N4/c1-16(2)26-14-23-22-8-5-18(12-21(22)13-27(23)32-26)24-9-6-19-11-20(7-10-25(19)31-24)28-15-30-29(33-28)17(3)4/h5-12,15-17H,13-14H2,1-4H3,(H,30,33). The van der Waals surface area contributed by atoms with Gasteiger partial charge in [0, 0.05) is 46.7 Å². The van der Waals surface area contributed by atoms with Gasteiger partial charge in [-0.15, -0.1) is 0 Å². The van der Waals surface area contributed by atoms with Crippen molar-refractivity contribution in [2.75, 3.05) is 0 Å². The average Bonchev–Trinajstić information content (AvgIpc) is 3.52. The Bertz CT molecular complexity index is 1470. The lowest BCUT2D eigenvalue weighted by Gasteiger charge is -2.10. The van der Waals surface area contributed by atoms with Gasteiger partial charge in [-0.25, -0.2) is 9.97 Å². The minimum absolute atomic E-state index is 0.385. The molecule has 4 heteroatoms. The van der Waals surface area contributed by atoms with E-state index in [0.717, 1.165) is 46.5 Å². The number of benzene rings is 2. The summed E-state index contributed by atoms with van der Waals surface area (Å²) < 4.78 is 0. The summed E-state index contributed by atoms with van der Waals surface area (Å²) in [6.07, 6.45) is 3.86. The molecule has 0 spiro atoms. The minimum Gasteiger partial charge on any atom is -0.342 e. The van der Waals surface area contributed by atoms with Gasteiger partial charge in [0.2, 0.25) is 0 Å². The van der Waals surface area contributed by atoms with Crippen molar-refractivity contribution < 1.29 is 0 Å². The van der Waals surface area contributed by atoms with Crippen LogP contribution in [0.4, 0.5) is 0 Å². The smallest absolute Gasteiger partial charge is 0.109 e. The molecule has 164 valence electrons. The van der Waals surface area contributed by atoms with Gasteiger partial charge < -0.3 is 4.98 Å². The van der Waals surface area contributed by atoms with Crippen molar-refractivity contribution in [3.63, 3.8) is 0 Å². The number of aliphatic imine (C=N–C) groups is 1. The highest BCUT2D eigenvalue weighted by molar-refractivity contribution is 6.02. The van der Waals surface area contributed by atoms with Gasteiger partial charge in [-0.2, -0.15) is 0 Å². The number of rotatable bonds is 4. The lowest BCUT2D eigenvalue weighted by Crippen LogP contribution is -2.05. The number of nitrogens with zero attached hydrogens (tertiary/aromatic N) is 3. The van der Waals surface area contributed by atoms with E-state index in [0.29, 0.717) is 11.8 Å². The second-order valence-electron chi connectivity index (χ2n) is 9.85. The van der Waals surface area contributed by atoms with Gasteiger partial charge in [0.1, 0.15) is 5.82 Å². The first-order chi connectivity index (χ1) is 16.0. The van der Waals surface area contributed by atoms with E-state index in [4.69, 9.17) is 9.98 Å². The molecule has 1 aliphatic carbocycles. The van der Waals surface area contributed by atoms with Crippen molar-refractivity contribution in [3.8, 4) is 22.5 Å². The Labute approximate surface area is 194 Å². The predicted octanol–water partition coefficient (Wildman–Crippen LogP) is 7.18. The topological polar surface area (TPSA) is 53.9 Å².